The second-order valence-electron chi connectivity index (χ2n) is 3.90. The van der Waals surface area contributed by atoms with E-state index in [2.05, 4.69) is 12.0 Å². The minimum atomic E-state index is -0.551. The Hall–Kier alpha value is -1.13. The van der Waals surface area contributed by atoms with Gasteiger partial charge in [0.15, 0.2) is 0 Å². The Balaban J connectivity index is 2.31. The van der Waals surface area contributed by atoms with Gasteiger partial charge in [-0.15, -0.1) is 11.3 Å². The smallest absolute Gasteiger partial charge is 0.108 e. The van der Waals surface area contributed by atoms with Gasteiger partial charge in [-0.05, 0) is 32.4 Å². The molecule has 0 aromatic carbocycles. The highest BCUT2D eigenvalue weighted by Gasteiger charge is 2.16. The molecule has 16 heavy (non-hydrogen) atoms. The topological polar surface area (TPSA) is 38.0 Å². The van der Waals surface area contributed by atoms with Gasteiger partial charge >= 0.3 is 0 Å². The lowest BCUT2D eigenvalue weighted by molar-refractivity contribution is 0.220. The summed E-state index contributed by atoms with van der Waals surface area (Å²) in [5, 5.41) is 14.4. The Morgan fingerprint density at radius 2 is 2.25 bits per heavy atom. The molecule has 0 aliphatic heterocycles. The molecule has 1 unspecified atom stereocenters. The van der Waals surface area contributed by atoms with Gasteiger partial charge in [-0.2, -0.15) is 5.10 Å². The van der Waals surface area contributed by atoms with Crippen molar-refractivity contribution in [2.45, 2.75) is 33.4 Å². The van der Waals surface area contributed by atoms with Crippen LogP contribution in [0.3, 0.4) is 0 Å². The summed E-state index contributed by atoms with van der Waals surface area (Å²) in [6.07, 6.45) is 3.09. The molecule has 4 heteroatoms. The van der Waals surface area contributed by atoms with Crippen LogP contribution >= 0.6 is 11.3 Å². The number of hydrogen-bond donors (Lipinski definition) is 1. The minimum Gasteiger partial charge on any atom is -0.383 e. The number of aromatic nitrogens is 2. The fraction of sp³-hybridized carbons (Fsp3) is 0.417. The van der Waals surface area contributed by atoms with Crippen LogP contribution in [-0.2, 0) is 6.54 Å². The lowest BCUT2D eigenvalue weighted by Crippen LogP contribution is -1.98. The fourth-order valence-electron chi connectivity index (χ4n) is 1.80. The van der Waals surface area contributed by atoms with Crippen molar-refractivity contribution in [3.8, 4) is 0 Å². The zero-order valence-electron chi connectivity index (χ0n) is 9.77. The summed E-state index contributed by atoms with van der Waals surface area (Å²) in [5.41, 5.74) is 1.86. The van der Waals surface area contributed by atoms with Crippen LogP contribution in [0, 0.1) is 13.8 Å². The standard InChI is InChI=1S/C12H16N2OS/c1-4-14-7-10(6-13-14)12(15)11-5-8(2)16-9(11)3/h5-7,12,15H,4H2,1-3H3. The molecule has 0 spiro atoms. The second-order valence-corrected chi connectivity index (χ2v) is 5.36. The van der Waals surface area contributed by atoms with E-state index in [0.717, 1.165) is 17.7 Å². The van der Waals surface area contributed by atoms with Crippen molar-refractivity contribution in [2.24, 2.45) is 0 Å². The molecule has 1 N–H and O–H groups in total. The van der Waals surface area contributed by atoms with Crippen LogP contribution in [0.2, 0.25) is 0 Å². The van der Waals surface area contributed by atoms with Crippen LogP contribution in [0.15, 0.2) is 18.5 Å². The molecule has 2 rings (SSSR count). The number of aryl methyl sites for hydroxylation is 3. The molecule has 0 fully saturated rings. The monoisotopic (exact) mass is 236 g/mol. The first-order valence-electron chi connectivity index (χ1n) is 5.39. The molecule has 2 heterocycles. The van der Waals surface area contributed by atoms with E-state index in [9.17, 15) is 5.11 Å². The van der Waals surface area contributed by atoms with Crippen LogP contribution in [0.4, 0.5) is 0 Å². The van der Waals surface area contributed by atoms with Crippen molar-refractivity contribution in [1.82, 2.24) is 9.78 Å². The van der Waals surface area contributed by atoms with Crippen LogP contribution < -0.4 is 0 Å². The minimum absolute atomic E-state index is 0.551. The molecule has 0 amide bonds. The highest BCUT2D eigenvalue weighted by Crippen LogP contribution is 2.30. The maximum Gasteiger partial charge on any atom is 0.108 e. The molecular formula is C12H16N2OS. The lowest BCUT2D eigenvalue weighted by Gasteiger charge is -2.07. The number of aliphatic hydroxyl groups excluding tert-OH is 1. The molecule has 0 radical (unpaired) electrons. The van der Waals surface area contributed by atoms with Gasteiger partial charge in [0.25, 0.3) is 0 Å². The van der Waals surface area contributed by atoms with E-state index in [1.807, 2.05) is 30.8 Å². The van der Waals surface area contributed by atoms with Crippen molar-refractivity contribution in [3.63, 3.8) is 0 Å². The van der Waals surface area contributed by atoms with E-state index in [0.29, 0.717) is 0 Å². The third kappa shape index (κ3) is 2.03. The number of thiophene rings is 1. The van der Waals surface area contributed by atoms with E-state index in [1.165, 1.54) is 9.75 Å². The highest BCUT2D eigenvalue weighted by molar-refractivity contribution is 7.12. The molecule has 0 saturated heterocycles. The zero-order valence-corrected chi connectivity index (χ0v) is 10.6. The SMILES string of the molecule is CCn1cc(C(O)c2cc(C)sc2C)cn1. The number of aliphatic hydroxyl groups is 1. The van der Waals surface area contributed by atoms with Crippen LogP contribution in [0.25, 0.3) is 0 Å². The van der Waals surface area contributed by atoms with Crippen molar-refractivity contribution in [3.05, 3.63) is 39.3 Å². The van der Waals surface area contributed by atoms with Crippen molar-refractivity contribution in [2.75, 3.05) is 0 Å². The molecule has 2 aromatic heterocycles. The lowest BCUT2D eigenvalue weighted by atomic mass is 10.1. The second kappa shape index (κ2) is 4.39. The summed E-state index contributed by atoms with van der Waals surface area (Å²) in [4.78, 5) is 2.41. The largest absolute Gasteiger partial charge is 0.383 e. The first-order chi connectivity index (χ1) is 7.61. The van der Waals surface area contributed by atoms with Crippen molar-refractivity contribution >= 4 is 11.3 Å². The molecule has 3 nitrogen and oxygen atoms in total. The van der Waals surface area contributed by atoms with Crippen LogP contribution in [0.1, 0.15) is 33.9 Å². The van der Waals surface area contributed by atoms with E-state index in [-0.39, 0.29) is 0 Å². The van der Waals surface area contributed by atoms with Gasteiger partial charge in [-0.3, -0.25) is 4.68 Å². The predicted molar refractivity (Wildman–Crippen MR) is 65.8 cm³/mol. The average molecular weight is 236 g/mol. The Bertz CT molecular complexity index is 487. The average Bonchev–Trinajstić information content (AvgIpc) is 2.84. The van der Waals surface area contributed by atoms with Crippen molar-refractivity contribution in [1.29, 1.82) is 0 Å². The molecular weight excluding hydrogens is 220 g/mol. The van der Waals surface area contributed by atoms with Gasteiger partial charge in [0.2, 0.25) is 0 Å². The van der Waals surface area contributed by atoms with E-state index >= 15 is 0 Å². The zero-order chi connectivity index (χ0) is 11.7. The van der Waals surface area contributed by atoms with Gasteiger partial charge in [-0.1, -0.05) is 0 Å². The van der Waals surface area contributed by atoms with Gasteiger partial charge in [0.05, 0.1) is 6.20 Å². The molecule has 1 atom stereocenters. The van der Waals surface area contributed by atoms with E-state index in [1.54, 1.807) is 17.5 Å². The van der Waals surface area contributed by atoms with E-state index in [4.69, 9.17) is 0 Å². The summed E-state index contributed by atoms with van der Waals surface area (Å²) < 4.78 is 1.83. The molecule has 0 saturated carbocycles. The summed E-state index contributed by atoms with van der Waals surface area (Å²) in [5.74, 6) is 0. The van der Waals surface area contributed by atoms with Gasteiger partial charge < -0.3 is 5.11 Å². The summed E-state index contributed by atoms with van der Waals surface area (Å²) in [6, 6.07) is 2.05. The quantitative estimate of drug-likeness (QED) is 0.889. The van der Waals surface area contributed by atoms with Gasteiger partial charge in [0.1, 0.15) is 6.10 Å². The first kappa shape index (κ1) is 11.4. The molecule has 0 bridgehead atoms. The number of hydrogen-bond acceptors (Lipinski definition) is 3. The normalized spacial score (nSPS) is 13.0. The Labute approximate surface area is 99.4 Å². The van der Waals surface area contributed by atoms with Crippen LogP contribution in [0.5, 0.6) is 0 Å². The van der Waals surface area contributed by atoms with Crippen molar-refractivity contribution < 1.29 is 5.11 Å². The summed E-state index contributed by atoms with van der Waals surface area (Å²) >= 11 is 1.72. The Kier molecular flexibility index (Phi) is 3.12. The molecule has 0 aliphatic rings. The molecule has 86 valence electrons. The Morgan fingerprint density at radius 3 is 2.75 bits per heavy atom. The molecule has 0 aliphatic carbocycles. The Morgan fingerprint density at radius 1 is 1.50 bits per heavy atom. The predicted octanol–water partition coefficient (Wildman–Crippen LogP) is 2.66. The molecule has 2 aromatic rings. The van der Waals surface area contributed by atoms with E-state index < -0.39 is 6.10 Å². The maximum atomic E-state index is 10.2. The fourth-order valence-corrected chi connectivity index (χ4v) is 2.75. The summed E-state index contributed by atoms with van der Waals surface area (Å²) in [6.45, 7) is 6.96. The maximum absolute atomic E-state index is 10.2. The third-order valence-electron chi connectivity index (χ3n) is 2.67. The highest BCUT2D eigenvalue weighted by atomic mass is 32.1. The third-order valence-corrected chi connectivity index (χ3v) is 3.65. The van der Waals surface area contributed by atoms with Gasteiger partial charge in [-0.25, -0.2) is 0 Å². The first-order valence-corrected chi connectivity index (χ1v) is 6.20. The number of nitrogens with zero attached hydrogens (tertiary/aromatic N) is 2. The summed E-state index contributed by atoms with van der Waals surface area (Å²) in [7, 11) is 0. The number of rotatable bonds is 3. The van der Waals surface area contributed by atoms with Gasteiger partial charge in [0, 0.05) is 28.1 Å². The van der Waals surface area contributed by atoms with Crippen LogP contribution in [-0.4, -0.2) is 14.9 Å².